The zero-order valence-electron chi connectivity index (χ0n) is 13.0. The van der Waals surface area contributed by atoms with Gasteiger partial charge < -0.3 is 15.0 Å². The van der Waals surface area contributed by atoms with Crippen molar-refractivity contribution in [1.82, 2.24) is 10.2 Å². The Bertz CT molecular complexity index is 583. The van der Waals surface area contributed by atoms with E-state index in [2.05, 4.69) is 5.32 Å². The molecule has 22 heavy (non-hydrogen) atoms. The molecule has 3 rings (SSSR count). The monoisotopic (exact) mass is 303 g/mol. The Morgan fingerprint density at radius 2 is 1.95 bits per heavy atom. The fourth-order valence-corrected chi connectivity index (χ4v) is 2.89. The first-order valence-electron chi connectivity index (χ1n) is 7.54. The van der Waals surface area contributed by atoms with Crippen molar-refractivity contribution in [1.29, 1.82) is 0 Å². The summed E-state index contributed by atoms with van der Waals surface area (Å²) in [5.41, 5.74) is 1.15. The van der Waals surface area contributed by atoms with Crippen molar-refractivity contribution in [2.75, 3.05) is 37.7 Å². The third-order valence-corrected chi connectivity index (χ3v) is 4.17. The predicted octanol–water partition coefficient (Wildman–Crippen LogP) is 1.47. The highest BCUT2D eigenvalue weighted by Gasteiger charge is 2.34. The number of hydrogen-bond acceptors (Lipinski definition) is 3. The number of nitrogens with zero attached hydrogens (tertiary/aromatic N) is 2. The molecule has 2 heterocycles. The lowest BCUT2D eigenvalue weighted by Gasteiger charge is -2.42. The highest BCUT2D eigenvalue weighted by Crippen LogP contribution is 2.23. The van der Waals surface area contributed by atoms with Crippen molar-refractivity contribution >= 4 is 17.6 Å². The summed E-state index contributed by atoms with van der Waals surface area (Å²) in [6, 6.07) is 7.13. The van der Waals surface area contributed by atoms with Crippen LogP contribution >= 0.6 is 0 Å². The fraction of sp³-hybridized carbons (Fsp3) is 0.500. The van der Waals surface area contributed by atoms with Crippen LogP contribution in [0.2, 0.25) is 0 Å². The van der Waals surface area contributed by atoms with Crippen LogP contribution in [0.5, 0.6) is 0 Å². The molecular formula is C16H21N3O3. The van der Waals surface area contributed by atoms with Gasteiger partial charge in [0.05, 0.1) is 18.8 Å². The number of rotatable bonds is 2. The number of urea groups is 1. The molecule has 0 aliphatic carbocycles. The molecular weight excluding hydrogens is 282 g/mol. The summed E-state index contributed by atoms with van der Waals surface area (Å²) in [6.07, 6.45) is 0. The number of carbonyl (C=O) groups excluding carboxylic acids is 2. The van der Waals surface area contributed by atoms with E-state index in [0.717, 1.165) is 5.69 Å². The molecule has 0 aromatic heterocycles. The van der Waals surface area contributed by atoms with E-state index in [1.165, 1.54) is 0 Å². The summed E-state index contributed by atoms with van der Waals surface area (Å²) in [5.74, 6) is 0.00530. The number of amides is 3. The molecule has 0 atom stereocenters. The van der Waals surface area contributed by atoms with Gasteiger partial charge >= 0.3 is 6.03 Å². The largest absolute Gasteiger partial charge is 0.377 e. The smallest absolute Gasteiger partial charge is 0.321 e. The quantitative estimate of drug-likeness (QED) is 0.900. The molecule has 6 nitrogen and oxygen atoms in total. The summed E-state index contributed by atoms with van der Waals surface area (Å²) in [7, 11) is 0. The number of benzene rings is 1. The molecule has 1 aromatic rings. The maximum Gasteiger partial charge on any atom is 0.321 e. The van der Waals surface area contributed by atoms with Crippen LogP contribution in [0.15, 0.2) is 24.3 Å². The second-order valence-electron chi connectivity index (χ2n) is 6.25. The Hall–Kier alpha value is -2.08. The third-order valence-electron chi connectivity index (χ3n) is 4.17. The Labute approximate surface area is 130 Å². The maximum absolute atomic E-state index is 12.7. The van der Waals surface area contributed by atoms with Gasteiger partial charge in [-0.2, -0.15) is 0 Å². The Kier molecular flexibility index (Phi) is 3.78. The van der Waals surface area contributed by atoms with Crippen molar-refractivity contribution in [2.45, 2.75) is 19.4 Å². The fourth-order valence-electron chi connectivity index (χ4n) is 2.89. The Morgan fingerprint density at radius 3 is 2.55 bits per heavy atom. The second kappa shape index (κ2) is 5.61. The SMILES string of the molecule is CC1(C)COCCN1C(=O)c1ccc(N2CCNC2=O)cc1. The van der Waals surface area contributed by atoms with E-state index in [1.807, 2.05) is 30.9 Å². The highest BCUT2D eigenvalue weighted by atomic mass is 16.5. The summed E-state index contributed by atoms with van der Waals surface area (Å²) in [6.45, 7) is 7.04. The lowest BCUT2D eigenvalue weighted by molar-refractivity contribution is -0.0370. The Balaban J connectivity index is 1.77. The van der Waals surface area contributed by atoms with Crippen LogP contribution in [0.4, 0.5) is 10.5 Å². The molecule has 0 bridgehead atoms. The van der Waals surface area contributed by atoms with Crippen LogP contribution in [0, 0.1) is 0 Å². The molecule has 118 valence electrons. The summed E-state index contributed by atoms with van der Waals surface area (Å²) < 4.78 is 5.45. The normalized spacial score (nSPS) is 20.9. The van der Waals surface area contributed by atoms with E-state index < -0.39 is 0 Å². The minimum absolute atomic E-state index is 0.00530. The number of carbonyl (C=O) groups is 2. The molecule has 0 unspecified atom stereocenters. The van der Waals surface area contributed by atoms with E-state index in [9.17, 15) is 9.59 Å². The van der Waals surface area contributed by atoms with Gasteiger partial charge in [-0.1, -0.05) is 0 Å². The zero-order chi connectivity index (χ0) is 15.7. The zero-order valence-corrected chi connectivity index (χ0v) is 13.0. The van der Waals surface area contributed by atoms with Crippen molar-refractivity contribution in [3.05, 3.63) is 29.8 Å². The summed E-state index contributed by atoms with van der Waals surface area (Å²) in [4.78, 5) is 27.9. The van der Waals surface area contributed by atoms with Crippen LogP contribution in [0.25, 0.3) is 0 Å². The predicted molar refractivity (Wildman–Crippen MR) is 83.1 cm³/mol. The lowest BCUT2D eigenvalue weighted by Crippen LogP contribution is -2.55. The molecule has 0 saturated carbocycles. The standard InChI is InChI=1S/C16H21N3O3/c1-16(2)11-22-10-9-19(16)14(20)12-3-5-13(6-4-12)18-8-7-17-15(18)21/h3-6H,7-11H2,1-2H3,(H,17,21). The van der Waals surface area contributed by atoms with E-state index in [4.69, 9.17) is 4.74 Å². The molecule has 3 amide bonds. The van der Waals surface area contributed by atoms with Crippen molar-refractivity contribution < 1.29 is 14.3 Å². The number of anilines is 1. The van der Waals surface area contributed by atoms with Gasteiger partial charge in [0.1, 0.15) is 0 Å². The first-order chi connectivity index (χ1) is 10.5. The maximum atomic E-state index is 12.7. The molecule has 2 saturated heterocycles. The highest BCUT2D eigenvalue weighted by molar-refractivity contribution is 5.97. The first kappa shape index (κ1) is 14.8. The number of hydrogen-bond donors (Lipinski definition) is 1. The number of morpholine rings is 1. The molecule has 1 aromatic carbocycles. The second-order valence-corrected chi connectivity index (χ2v) is 6.25. The van der Waals surface area contributed by atoms with Crippen LogP contribution in [-0.4, -0.2) is 55.2 Å². The van der Waals surface area contributed by atoms with Crippen LogP contribution < -0.4 is 10.2 Å². The van der Waals surface area contributed by atoms with E-state index in [1.54, 1.807) is 17.0 Å². The molecule has 2 aliphatic rings. The van der Waals surface area contributed by atoms with Gasteiger partial charge in [-0.05, 0) is 38.1 Å². The molecule has 0 radical (unpaired) electrons. The van der Waals surface area contributed by atoms with Crippen LogP contribution in [0.3, 0.4) is 0 Å². The minimum atomic E-state index is -0.303. The van der Waals surface area contributed by atoms with Gasteiger partial charge in [0.2, 0.25) is 0 Å². The van der Waals surface area contributed by atoms with E-state index in [-0.39, 0.29) is 17.5 Å². The molecule has 2 aliphatic heterocycles. The van der Waals surface area contributed by atoms with E-state index in [0.29, 0.717) is 38.4 Å². The third kappa shape index (κ3) is 2.66. The number of nitrogens with one attached hydrogen (secondary N) is 1. The van der Waals surface area contributed by atoms with Crippen molar-refractivity contribution in [3.8, 4) is 0 Å². The van der Waals surface area contributed by atoms with Crippen molar-refractivity contribution in [2.24, 2.45) is 0 Å². The molecule has 6 heteroatoms. The topological polar surface area (TPSA) is 61.9 Å². The molecule has 2 fully saturated rings. The average Bonchev–Trinajstić information content (AvgIpc) is 2.92. The average molecular weight is 303 g/mol. The lowest BCUT2D eigenvalue weighted by atomic mass is 10.0. The summed E-state index contributed by atoms with van der Waals surface area (Å²) >= 11 is 0. The van der Waals surface area contributed by atoms with Gasteiger partial charge in [0, 0.05) is 30.9 Å². The van der Waals surface area contributed by atoms with Crippen LogP contribution in [0.1, 0.15) is 24.2 Å². The van der Waals surface area contributed by atoms with Gasteiger partial charge in [0.25, 0.3) is 5.91 Å². The van der Waals surface area contributed by atoms with Crippen molar-refractivity contribution in [3.63, 3.8) is 0 Å². The van der Waals surface area contributed by atoms with Gasteiger partial charge in [-0.3, -0.25) is 9.69 Å². The van der Waals surface area contributed by atoms with E-state index >= 15 is 0 Å². The van der Waals surface area contributed by atoms with Gasteiger partial charge in [-0.25, -0.2) is 4.79 Å². The Morgan fingerprint density at radius 1 is 1.23 bits per heavy atom. The van der Waals surface area contributed by atoms with Gasteiger partial charge in [-0.15, -0.1) is 0 Å². The first-order valence-corrected chi connectivity index (χ1v) is 7.54. The number of ether oxygens (including phenoxy) is 1. The molecule has 1 N–H and O–H groups in total. The minimum Gasteiger partial charge on any atom is -0.377 e. The summed E-state index contributed by atoms with van der Waals surface area (Å²) in [5, 5.41) is 2.77. The van der Waals surface area contributed by atoms with Crippen LogP contribution in [-0.2, 0) is 4.74 Å². The van der Waals surface area contributed by atoms with Gasteiger partial charge in [0.15, 0.2) is 0 Å². The molecule has 0 spiro atoms.